The van der Waals surface area contributed by atoms with Crippen molar-refractivity contribution in [1.82, 2.24) is 5.32 Å². The Balaban J connectivity index is 2.43. The van der Waals surface area contributed by atoms with E-state index in [9.17, 15) is 0 Å². The molecule has 1 nitrogen and oxygen atoms in total. The van der Waals surface area contributed by atoms with Crippen molar-refractivity contribution < 1.29 is 0 Å². The molecule has 0 heterocycles. The molecule has 0 aromatic heterocycles. The molecule has 0 aromatic carbocycles. The molecule has 1 heteroatoms. The predicted molar refractivity (Wildman–Crippen MR) is 58.9 cm³/mol. The van der Waals surface area contributed by atoms with Crippen LogP contribution >= 0.6 is 0 Å². The van der Waals surface area contributed by atoms with Gasteiger partial charge in [0.05, 0.1) is 0 Å². The zero-order valence-corrected chi connectivity index (χ0v) is 9.69. The highest BCUT2D eigenvalue weighted by Gasteiger charge is 2.32. The quantitative estimate of drug-likeness (QED) is 0.667. The average molecular weight is 183 g/mol. The third-order valence-electron chi connectivity index (χ3n) is 3.57. The lowest BCUT2D eigenvalue weighted by Crippen LogP contribution is -2.41. The molecular formula is C12H25N. The highest BCUT2D eigenvalue weighted by Crippen LogP contribution is 2.38. The monoisotopic (exact) mass is 183 g/mol. The van der Waals surface area contributed by atoms with Crippen LogP contribution in [0.15, 0.2) is 0 Å². The summed E-state index contributed by atoms with van der Waals surface area (Å²) in [6.07, 6.45) is 5.62. The Kier molecular flexibility index (Phi) is 3.78. The van der Waals surface area contributed by atoms with Crippen LogP contribution in [0, 0.1) is 11.3 Å². The van der Waals surface area contributed by atoms with Gasteiger partial charge < -0.3 is 5.32 Å². The maximum Gasteiger partial charge on any atom is 0.0121 e. The molecule has 0 amide bonds. The molecule has 1 saturated carbocycles. The summed E-state index contributed by atoms with van der Waals surface area (Å²) in [5, 5.41) is 3.65. The second-order valence-corrected chi connectivity index (χ2v) is 5.13. The first-order valence-electron chi connectivity index (χ1n) is 5.83. The van der Waals surface area contributed by atoms with Gasteiger partial charge in [0.15, 0.2) is 0 Å². The summed E-state index contributed by atoms with van der Waals surface area (Å²) in [7, 11) is 0. The van der Waals surface area contributed by atoms with Gasteiger partial charge >= 0.3 is 0 Å². The van der Waals surface area contributed by atoms with Crippen molar-refractivity contribution in [3.05, 3.63) is 0 Å². The summed E-state index contributed by atoms with van der Waals surface area (Å²) in [6, 6.07) is 0.731. The van der Waals surface area contributed by atoms with Gasteiger partial charge in [-0.1, -0.05) is 40.5 Å². The van der Waals surface area contributed by atoms with E-state index in [1.807, 2.05) is 0 Å². The highest BCUT2D eigenvalue weighted by atomic mass is 14.9. The van der Waals surface area contributed by atoms with Crippen molar-refractivity contribution >= 4 is 0 Å². The van der Waals surface area contributed by atoms with Crippen molar-refractivity contribution in [2.45, 2.75) is 59.4 Å². The van der Waals surface area contributed by atoms with E-state index in [0.29, 0.717) is 5.41 Å². The molecule has 1 fully saturated rings. The fourth-order valence-corrected chi connectivity index (χ4v) is 1.86. The van der Waals surface area contributed by atoms with E-state index in [4.69, 9.17) is 0 Å². The van der Waals surface area contributed by atoms with E-state index in [1.165, 1.54) is 25.7 Å². The molecule has 1 atom stereocenters. The Morgan fingerprint density at radius 3 is 2.31 bits per heavy atom. The molecule has 1 aliphatic carbocycles. The topological polar surface area (TPSA) is 12.0 Å². The first kappa shape index (κ1) is 11.0. The Morgan fingerprint density at radius 1 is 1.31 bits per heavy atom. The molecule has 0 radical (unpaired) electrons. The lowest BCUT2D eigenvalue weighted by Gasteiger charge is -2.34. The van der Waals surface area contributed by atoms with Crippen LogP contribution in [0.4, 0.5) is 0 Å². The van der Waals surface area contributed by atoms with Crippen LogP contribution in [0.5, 0.6) is 0 Å². The molecule has 1 N–H and O–H groups in total. The van der Waals surface area contributed by atoms with Gasteiger partial charge in [-0.05, 0) is 30.7 Å². The van der Waals surface area contributed by atoms with Gasteiger partial charge in [-0.3, -0.25) is 0 Å². The van der Waals surface area contributed by atoms with Crippen molar-refractivity contribution in [3.63, 3.8) is 0 Å². The third kappa shape index (κ3) is 3.30. The molecule has 0 spiro atoms. The van der Waals surface area contributed by atoms with Crippen molar-refractivity contribution in [2.75, 3.05) is 6.54 Å². The molecule has 1 aliphatic rings. The molecule has 1 unspecified atom stereocenters. The molecule has 78 valence electrons. The number of hydrogen-bond acceptors (Lipinski definition) is 1. The van der Waals surface area contributed by atoms with Gasteiger partial charge in [0, 0.05) is 6.04 Å². The largest absolute Gasteiger partial charge is 0.314 e. The number of rotatable bonds is 6. The minimum absolute atomic E-state index is 0.471. The van der Waals surface area contributed by atoms with Crippen molar-refractivity contribution in [2.24, 2.45) is 11.3 Å². The van der Waals surface area contributed by atoms with Crippen LogP contribution in [-0.4, -0.2) is 12.6 Å². The van der Waals surface area contributed by atoms with Crippen LogP contribution in [0.1, 0.15) is 53.4 Å². The Bertz CT molecular complexity index is 147. The maximum atomic E-state index is 3.65. The van der Waals surface area contributed by atoms with Crippen molar-refractivity contribution in [3.8, 4) is 0 Å². The van der Waals surface area contributed by atoms with Crippen LogP contribution in [0.25, 0.3) is 0 Å². The zero-order valence-electron chi connectivity index (χ0n) is 9.69. The molecule has 13 heavy (non-hydrogen) atoms. The standard InChI is InChI=1S/C12H25N/c1-5-12(3,4)11(13-6-2)9-10-7-8-10/h10-11,13H,5-9H2,1-4H3. The lowest BCUT2D eigenvalue weighted by molar-refractivity contribution is 0.216. The minimum Gasteiger partial charge on any atom is -0.314 e. The van der Waals surface area contributed by atoms with Crippen LogP contribution in [-0.2, 0) is 0 Å². The van der Waals surface area contributed by atoms with Crippen LogP contribution in [0.2, 0.25) is 0 Å². The first-order valence-corrected chi connectivity index (χ1v) is 5.83. The number of hydrogen-bond donors (Lipinski definition) is 1. The van der Waals surface area contributed by atoms with E-state index in [0.717, 1.165) is 18.5 Å². The molecule has 0 aliphatic heterocycles. The Hall–Kier alpha value is -0.0400. The van der Waals surface area contributed by atoms with Crippen molar-refractivity contribution in [1.29, 1.82) is 0 Å². The minimum atomic E-state index is 0.471. The highest BCUT2D eigenvalue weighted by molar-refractivity contribution is 4.88. The third-order valence-corrected chi connectivity index (χ3v) is 3.57. The van der Waals surface area contributed by atoms with Gasteiger partial charge in [-0.2, -0.15) is 0 Å². The summed E-state index contributed by atoms with van der Waals surface area (Å²) in [4.78, 5) is 0. The van der Waals surface area contributed by atoms with Gasteiger partial charge in [0.25, 0.3) is 0 Å². The summed E-state index contributed by atoms with van der Waals surface area (Å²) < 4.78 is 0. The normalized spacial score (nSPS) is 20.3. The SMILES string of the molecule is CCNC(CC1CC1)C(C)(C)CC. The summed E-state index contributed by atoms with van der Waals surface area (Å²) in [5.41, 5.74) is 0.471. The summed E-state index contributed by atoms with van der Waals surface area (Å²) in [6.45, 7) is 10.4. The van der Waals surface area contributed by atoms with E-state index in [1.54, 1.807) is 0 Å². The summed E-state index contributed by atoms with van der Waals surface area (Å²) in [5.74, 6) is 1.04. The maximum absolute atomic E-state index is 3.65. The number of nitrogens with one attached hydrogen (secondary N) is 1. The first-order chi connectivity index (χ1) is 6.10. The Morgan fingerprint density at radius 2 is 1.92 bits per heavy atom. The molecule has 0 saturated heterocycles. The predicted octanol–water partition coefficient (Wildman–Crippen LogP) is 3.20. The van der Waals surface area contributed by atoms with E-state index < -0.39 is 0 Å². The van der Waals surface area contributed by atoms with Gasteiger partial charge in [-0.25, -0.2) is 0 Å². The van der Waals surface area contributed by atoms with E-state index in [2.05, 4.69) is 33.0 Å². The van der Waals surface area contributed by atoms with Gasteiger partial charge in [0.2, 0.25) is 0 Å². The molecule has 1 rings (SSSR count). The van der Waals surface area contributed by atoms with E-state index in [-0.39, 0.29) is 0 Å². The second-order valence-electron chi connectivity index (χ2n) is 5.13. The zero-order chi connectivity index (χ0) is 9.90. The van der Waals surface area contributed by atoms with E-state index >= 15 is 0 Å². The van der Waals surface area contributed by atoms with Crippen LogP contribution < -0.4 is 5.32 Å². The summed E-state index contributed by atoms with van der Waals surface area (Å²) >= 11 is 0. The molecule has 0 aromatic rings. The lowest BCUT2D eigenvalue weighted by atomic mass is 9.79. The van der Waals surface area contributed by atoms with Crippen LogP contribution in [0.3, 0.4) is 0 Å². The molecule has 0 bridgehead atoms. The average Bonchev–Trinajstić information content (AvgIpc) is 2.87. The second kappa shape index (κ2) is 4.45. The van der Waals surface area contributed by atoms with Gasteiger partial charge in [-0.15, -0.1) is 0 Å². The fourth-order valence-electron chi connectivity index (χ4n) is 1.86. The smallest absolute Gasteiger partial charge is 0.0121 e. The fraction of sp³-hybridized carbons (Fsp3) is 1.00. The molecular weight excluding hydrogens is 158 g/mol. The Labute approximate surface area is 83.3 Å². The van der Waals surface area contributed by atoms with Gasteiger partial charge in [0.1, 0.15) is 0 Å².